The van der Waals surface area contributed by atoms with Crippen LogP contribution in [0.5, 0.6) is 11.5 Å². The number of ether oxygens (including phenoxy) is 2. The summed E-state index contributed by atoms with van der Waals surface area (Å²) in [7, 11) is 2.83. The van der Waals surface area contributed by atoms with Crippen molar-refractivity contribution in [2.24, 2.45) is 0 Å². The Balaban J connectivity index is 1.96. The van der Waals surface area contributed by atoms with Gasteiger partial charge in [-0.15, -0.1) is 0 Å². The van der Waals surface area contributed by atoms with Gasteiger partial charge in [-0.05, 0) is 54.1 Å². The van der Waals surface area contributed by atoms with Crippen LogP contribution < -0.4 is 14.4 Å². The molecule has 3 aromatic carbocycles. The molecule has 3 aromatic rings. The van der Waals surface area contributed by atoms with Gasteiger partial charge in [0.05, 0.1) is 36.4 Å². The summed E-state index contributed by atoms with van der Waals surface area (Å²) in [6.07, 6.45) is -4.67. The van der Waals surface area contributed by atoms with Crippen molar-refractivity contribution >= 4 is 34.7 Å². The van der Waals surface area contributed by atoms with E-state index in [2.05, 4.69) is 0 Å². The topological polar surface area (TPSA) is 76.1 Å². The Morgan fingerprint density at radius 3 is 2.33 bits per heavy atom. The number of carbonyl (C=O) groups excluding carboxylic acids is 2. The lowest BCUT2D eigenvalue weighted by Gasteiger charge is -2.26. The molecule has 1 amide bonds. The number of aliphatic hydroxyl groups excluding tert-OH is 1. The lowest BCUT2D eigenvalue weighted by atomic mass is 9.95. The number of alkyl halides is 3. The number of methoxy groups -OCH3 is 2. The second-order valence-corrected chi connectivity index (χ2v) is 8.25. The lowest BCUT2D eigenvalue weighted by Crippen LogP contribution is -2.29. The van der Waals surface area contributed by atoms with E-state index in [0.717, 1.165) is 23.1 Å². The Morgan fingerprint density at radius 2 is 1.69 bits per heavy atom. The van der Waals surface area contributed by atoms with Gasteiger partial charge in [0.15, 0.2) is 0 Å². The van der Waals surface area contributed by atoms with E-state index in [-0.39, 0.29) is 21.8 Å². The van der Waals surface area contributed by atoms with Gasteiger partial charge in [0.2, 0.25) is 0 Å². The molecule has 186 valence electrons. The van der Waals surface area contributed by atoms with E-state index in [4.69, 9.17) is 21.1 Å². The van der Waals surface area contributed by atoms with Gasteiger partial charge < -0.3 is 14.6 Å². The van der Waals surface area contributed by atoms with Crippen LogP contribution in [0, 0.1) is 0 Å². The largest absolute Gasteiger partial charge is 0.507 e. The third kappa shape index (κ3) is 4.49. The molecule has 1 heterocycles. The molecule has 4 rings (SSSR count). The molecule has 1 unspecified atom stereocenters. The van der Waals surface area contributed by atoms with Crippen molar-refractivity contribution in [2.75, 3.05) is 19.1 Å². The highest BCUT2D eigenvalue weighted by Gasteiger charge is 2.47. The molecule has 36 heavy (non-hydrogen) atoms. The van der Waals surface area contributed by atoms with E-state index in [1.165, 1.54) is 44.6 Å². The first kappa shape index (κ1) is 25.1. The highest BCUT2D eigenvalue weighted by atomic mass is 35.5. The molecule has 0 aliphatic carbocycles. The van der Waals surface area contributed by atoms with Gasteiger partial charge in [-0.3, -0.25) is 14.5 Å². The number of rotatable bonds is 5. The van der Waals surface area contributed by atoms with Crippen molar-refractivity contribution in [3.63, 3.8) is 0 Å². The van der Waals surface area contributed by atoms with E-state index in [1.807, 2.05) is 0 Å². The number of nitrogens with zero attached hydrogens (tertiary/aromatic N) is 1. The molecule has 10 heteroatoms. The normalized spacial score (nSPS) is 17.4. The standard InChI is InChI=1S/C26H19ClF3NO5/c1-35-18-8-3-5-14(11-18)22-21(23(32)15-9-10-20(36-2)19(27)12-15)24(33)25(34)31(22)17-7-4-6-16(13-17)26(28,29)30/h3-13,22,32H,1-2H3/b23-21+. The maximum Gasteiger partial charge on any atom is 0.416 e. The number of aliphatic hydroxyl groups is 1. The first-order chi connectivity index (χ1) is 17.1. The summed E-state index contributed by atoms with van der Waals surface area (Å²) in [6, 6.07) is 13.4. The third-order valence-corrected chi connectivity index (χ3v) is 6.03. The van der Waals surface area contributed by atoms with Crippen LogP contribution in [0.4, 0.5) is 18.9 Å². The van der Waals surface area contributed by atoms with Gasteiger partial charge in [-0.2, -0.15) is 13.2 Å². The minimum atomic E-state index is -4.67. The van der Waals surface area contributed by atoms with Gasteiger partial charge in [0.25, 0.3) is 11.7 Å². The summed E-state index contributed by atoms with van der Waals surface area (Å²) in [5.74, 6) is -2.00. The Hall–Kier alpha value is -3.98. The van der Waals surface area contributed by atoms with Crippen molar-refractivity contribution in [1.29, 1.82) is 0 Å². The van der Waals surface area contributed by atoms with Crippen molar-refractivity contribution < 1.29 is 37.3 Å². The number of Topliss-reactive ketones (excluding diaryl/α,β-unsaturated/α-hetero) is 1. The van der Waals surface area contributed by atoms with Crippen LogP contribution in [0.15, 0.2) is 72.3 Å². The molecule has 1 aliphatic rings. The van der Waals surface area contributed by atoms with E-state index >= 15 is 0 Å². The van der Waals surface area contributed by atoms with Gasteiger partial charge in [-0.25, -0.2) is 0 Å². The Labute approximate surface area is 209 Å². The number of hydrogen-bond donors (Lipinski definition) is 1. The van der Waals surface area contributed by atoms with Crippen LogP contribution in [0.2, 0.25) is 5.02 Å². The summed E-state index contributed by atoms with van der Waals surface area (Å²) in [6.45, 7) is 0. The molecule has 6 nitrogen and oxygen atoms in total. The molecular formula is C26H19ClF3NO5. The van der Waals surface area contributed by atoms with E-state index in [1.54, 1.807) is 18.2 Å². The number of hydrogen-bond acceptors (Lipinski definition) is 5. The fourth-order valence-corrected chi connectivity index (χ4v) is 4.28. The molecule has 1 fully saturated rings. The fourth-order valence-electron chi connectivity index (χ4n) is 4.03. The number of halogens is 4. The summed E-state index contributed by atoms with van der Waals surface area (Å²) < 4.78 is 50.6. The van der Waals surface area contributed by atoms with Crippen molar-refractivity contribution in [3.05, 3.63) is 94.0 Å². The minimum Gasteiger partial charge on any atom is -0.507 e. The average Bonchev–Trinajstić information content (AvgIpc) is 3.13. The summed E-state index contributed by atoms with van der Waals surface area (Å²) >= 11 is 6.18. The minimum absolute atomic E-state index is 0.121. The molecule has 0 spiro atoms. The summed E-state index contributed by atoms with van der Waals surface area (Å²) in [4.78, 5) is 27.3. The smallest absolute Gasteiger partial charge is 0.416 e. The van der Waals surface area contributed by atoms with Gasteiger partial charge in [0.1, 0.15) is 17.3 Å². The third-order valence-electron chi connectivity index (χ3n) is 5.73. The van der Waals surface area contributed by atoms with E-state index in [9.17, 15) is 27.9 Å². The molecule has 0 radical (unpaired) electrons. The number of amides is 1. The average molecular weight is 518 g/mol. The van der Waals surface area contributed by atoms with E-state index < -0.39 is 35.2 Å². The Kier molecular flexibility index (Phi) is 6.69. The van der Waals surface area contributed by atoms with Gasteiger partial charge >= 0.3 is 6.18 Å². The SMILES string of the molecule is COc1cccc(C2/C(=C(\O)c3ccc(OC)c(Cl)c3)C(=O)C(=O)N2c2cccc(C(F)(F)F)c2)c1. The van der Waals surface area contributed by atoms with Crippen LogP contribution in [-0.2, 0) is 15.8 Å². The highest BCUT2D eigenvalue weighted by Crippen LogP contribution is 2.44. The molecule has 0 bridgehead atoms. The first-order valence-corrected chi connectivity index (χ1v) is 10.9. The monoisotopic (exact) mass is 517 g/mol. The molecular weight excluding hydrogens is 499 g/mol. The Bertz CT molecular complexity index is 1390. The summed E-state index contributed by atoms with van der Waals surface area (Å²) in [5.41, 5.74) is -1.01. The molecule has 1 aliphatic heterocycles. The molecule has 1 N–H and O–H groups in total. The van der Waals surface area contributed by atoms with Crippen LogP contribution in [-0.4, -0.2) is 31.0 Å². The van der Waals surface area contributed by atoms with Gasteiger partial charge in [-0.1, -0.05) is 29.8 Å². The first-order valence-electron chi connectivity index (χ1n) is 10.5. The zero-order chi connectivity index (χ0) is 26.2. The second kappa shape index (κ2) is 9.58. The van der Waals surface area contributed by atoms with Crippen molar-refractivity contribution in [2.45, 2.75) is 12.2 Å². The highest BCUT2D eigenvalue weighted by molar-refractivity contribution is 6.51. The number of benzene rings is 3. The van der Waals surface area contributed by atoms with Crippen molar-refractivity contribution in [3.8, 4) is 11.5 Å². The van der Waals surface area contributed by atoms with Crippen LogP contribution in [0.25, 0.3) is 5.76 Å². The van der Waals surface area contributed by atoms with Crippen LogP contribution in [0.1, 0.15) is 22.7 Å². The lowest BCUT2D eigenvalue weighted by molar-refractivity contribution is -0.137. The van der Waals surface area contributed by atoms with Gasteiger partial charge in [0, 0.05) is 11.3 Å². The van der Waals surface area contributed by atoms with Crippen molar-refractivity contribution in [1.82, 2.24) is 0 Å². The molecule has 0 saturated carbocycles. The fraction of sp³-hybridized carbons (Fsp3) is 0.154. The number of ketones is 1. The zero-order valence-corrected chi connectivity index (χ0v) is 19.7. The molecule has 1 atom stereocenters. The van der Waals surface area contributed by atoms with E-state index in [0.29, 0.717) is 17.1 Å². The predicted molar refractivity (Wildman–Crippen MR) is 127 cm³/mol. The summed E-state index contributed by atoms with van der Waals surface area (Å²) in [5, 5.41) is 11.3. The quantitative estimate of drug-likeness (QED) is 0.255. The number of anilines is 1. The Morgan fingerprint density at radius 1 is 0.972 bits per heavy atom. The zero-order valence-electron chi connectivity index (χ0n) is 19.0. The van der Waals surface area contributed by atoms with Crippen LogP contribution >= 0.6 is 11.6 Å². The van der Waals surface area contributed by atoms with Crippen LogP contribution in [0.3, 0.4) is 0 Å². The maximum atomic E-state index is 13.4. The molecule has 0 aromatic heterocycles. The maximum absolute atomic E-state index is 13.4. The number of carbonyl (C=O) groups is 2. The molecule has 1 saturated heterocycles. The second-order valence-electron chi connectivity index (χ2n) is 7.84. The predicted octanol–water partition coefficient (Wildman–Crippen LogP) is 6.00.